The maximum atomic E-state index is 11.6. The van der Waals surface area contributed by atoms with Crippen LogP contribution in [-0.2, 0) is 13.8 Å². The molecule has 0 aliphatic carbocycles. The van der Waals surface area contributed by atoms with Gasteiger partial charge >= 0.3 is 37.4 Å². The standard InChI is InChI=1S/C18H30N5O7P.Na.H/c1-3-5-7-11(30-31(26,27)28)14-18(25,8-6-4-2)13(24)17(29-14)23-10-22-12-15(19)20-9-21-16(12)23;;/h9-11,13-14,17,24-25H,3-8H2,1-2H3,(H2,19,20,21)(H2,26,27,28);;/t11-,13+,14-,17-,18+;;/m1../s1. The van der Waals surface area contributed by atoms with Crippen molar-refractivity contribution in [3.8, 4) is 0 Å². The number of hydrogen-bond donors (Lipinski definition) is 5. The molecule has 0 amide bonds. The zero-order chi connectivity index (χ0) is 22.8. The molecule has 0 aromatic carbocycles. The van der Waals surface area contributed by atoms with Crippen molar-refractivity contribution in [1.82, 2.24) is 19.5 Å². The summed E-state index contributed by atoms with van der Waals surface area (Å²) in [5, 5.41) is 22.6. The van der Waals surface area contributed by atoms with E-state index in [1.807, 2.05) is 13.8 Å². The van der Waals surface area contributed by atoms with Crippen molar-refractivity contribution in [3.63, 3.8) is 0 Å². The van der Waals surface area contributed by atoms with Crippen LogP contribution in [0.25, 0.3) is 11.2 Å². The summed E-state index contributed by atoms with van der Waals surface area (Å²) in [5.41, 5.74) is 4.65. The van der Waals surface area contributed by atoms with Gasteiger partial charge in [0.1, 0.15) is 29.7 Å². The Bertz CT molecular complexity index is 944. The van der Waals surface area contributed by atoms with Gasteiger partial charge in [-0.2, -0.15) is 0 Å². The van der Waals surface area contributed by atoms with Crippen LogP contribution in [0.2, 0.25) is 0 Å². The summed E-state index contributed by atoms with van der Waals surface area (Å²) in [6, 6.07) is 0. The normalized spacial score (nSPS) is 26.9. The molecule has 3 rings (SSSR count). The molecule has 0 bridgehead atoms. The quantitative estimate of drug-likeness (QED) is 0.235. The van der Waals surface area contributed by atoms with E-state index in [1.165, 1.54) is 17.2 Å². The van der Waals surface area contributed by atoms with Gasteiger partial charge in [-0.05, 0) is 12.8 Å². The van der Waals surface area contributed by atoms with E-state index in [0.29, 0.717) is 24.0 Å². The Kier molecular flexibility index (Phi) is 9.63. The number of aromatic nitrogens is 4. The third-order valence-electron chi connectivity index (χ3n) is 5.61. The van der Waals surface area contributed by atoms with Crippen molar-refractivity contribution in [2.45, 2.75) is 82.5 Å². The van der Waals surface area contributed by atoms with E-state index >= 15 is 0 Å². The second-order valence-corrected chi connectivity index (χ2v) is 9.04. The molecule has 12 nitrogen and oxygen atoms in total. The van der Waals surface area contributed by atoms with Gasteiger partial charge in [-0.1, -0.05) is 39.5 Å². The Hall–Kier alpha value is -0.660. The van der Waals surface area contributed by atoms with E-state index in [2.05, 4.69) is 15.0 Å². The van der Waals surface area contributed by atoms with Crippen LogP contribution in [0, 0.1) is 0 Å². The van der Waals surface area contributed by atoms with Crippen LogP contribution < -0.4 is 5.73 Å². The molecule has 0 unspecified atom stereocenters. The number of phosphoric acid groups is 1. The Labute approximate surface area is 208 Å². The molecule has 0 spiro atoms. The Morgan fingerprint density at radius 2 is 1.97 bits per heavy atom. The van der Waals surface area contributed by atoms with E-state index in [9.17, 15) is 24.6 Å². The molecule has 1 saturated heterocycles. The molecule has 1 aliphatic rings. The molecular formula is C18H31N5NaO7P. The van der Waals surface area contributed by atoms with Crippen molar-refractivity contribution in [3.05, 3.63) is 12.7 Å². The average molecular weight is 483 g/mol. The van der Waals surface area contributed by atoms with Crippen molar-refractivity contribution >= 4 is 54.4 Å². The zero-order valence-corrected chi connectivity index (χ0v) is 18.4. The molecule has 32 heavy (non-hydrogen) atoms. The predicted octanol–water partition coefficient (Wildman–Crippen LogP) is 0.608. The van der Waals surface area contributed by atoms with Gasteiger partial charge in [0.05, 0.1) is 12.4 Å². The van der Waals surface area contributed by atoms with Crippen molar-refractivity contribution in [1.29, 1.82) is 0 Å². The molecule has 176 valence electrons. The molecule has 0 saturated carbocycles. The molecule has 5 atom stereocenters. The summed E-state index contributed by atoms with van der Waals surface area (Å²) in [4.78, 5) is 31.1. The fourth-order valence-electron chi connectivity index (χ4n) is 4.03. The van der Waals surface area contributed by atoms with Gasteiger partial charge in [0.15, 0.2) is 17.7 Å². The van der Waals surface area contributed by atoms with Gasteiger partial charge < -0.3 is 30.5 Å². The summed E-state index contributed by atoms with van der Waals surface area (Å²) in [6.07, 6.45) is 0.796. The Balaban J connectivity index is 0.00000363. The predicted molar refractivity (Wildman–Crippen MR) is 118 cm³/mol. The number of nitrogens with zero attached hydrogens (tertiary/aromatic N) is 4. The van der Waals surface area contributed by atoms with Gasteiger partial charge in [-0.25, -0.2) is 19.5 Å². The van der Waals surface area contributed by atoms with Crippen LogP contribution >= 0.6 is 7.82 Å². The zero-order valence-electron chi connectivity index (χ0n) is 17.5. The van der Waals surface area contributed by atoms with Crippen LogP contribution in [0.4, 0.5) is 5.82 Å². The monoisotopic (exact) mass is 483 g/mol. The van der Waals surface area contributed by atoms with Crippen molar-refractivity contribution in [2.75, 3.05) is 5.73 Å². The number of imidazole rings is 1. The second-order valence-electron chi connectivity index (χ2n) is 7.85. The fraction of sp³-hybridized carbons (Fsp3) is 0.722. The first-order chi connectivity index (χ1) is 14.6. The maximum absolute atomic E-state index is 11.6. The van der Waals surface area contributed by atoms with Crippen LogP contribution in [0.3, 0.4) is 0 Å². The molecule has 0 radical (unpaired) electrons. The minimum absolute atomic E-state index is 0. The molecular weight excluding hydrogens is 452 g/mol. The Morgan fingerprint density at radius 3 is 2.59 bits per heavy atom. The van der Waals surface area contributed by atoms with Crippen LogP contribution in [0.1, 0.15) is 58.6 Å². The SMILES string of the molecule is CCCC[C@@H](OP(=O)(O)O)[C@H]1O[C@@H](n2cnc3c(N)ncnc32)[C@H](O)[C@@]1(O)CCCC.[NaH]. The molecule has 6 N–H and O–H groups in total. The summed E-state index contributed by atoms with van der Waals surface area (Å²) >= 11 is 0. The molecule has 1 fully saturated rings. The molecule has 3 heterocycles. The van der Waals surface area contributed by atoms with E-state index in [-0.39, 0.29) is 48.2 Å². The van der Waals surface area contributed by atoms with Gasteiger partial charge in [-0.15, -0.1) is 0 Å². The average Bonchev–Trinajstić information content (AvgIpc) is 3.24. The Morgan fingerprint density at radius 1 is 1.28 bits per heavy atom. The number of rotatable bonds is 10. The number of aliphatic hydroxyl groups is 2. The third-order valence-corrected chi connectivity index (χ3v) is 6.15. The van der Waals surface area contributed by atoms with Gasteiger partial charge in [0.2, 0.25) is 0 Å². The number of unbranched alkanes of at least 4 members (excludes halogenated alkanes) is 2. The van der Waals surface area contributed by atoms with E-state index in [4.69, 9.17) is 15.0 Å². The summed E-state index contributed by atoms with van der Waals surface area (Å²) in [7, 11) is -4.87. The van der Waals surface area contributed by atoms with Gasteiger partial charge in [0, 0.05) is 0 Å². The summed E-state index contributed by atoms with van der Waals surface area (Å²) < 4.78 is 24.1. The molecule has 2 aromatic rings. The number of fused-ring (bicyclic) bond motifs is 1. The van der Waals surface area contributed by atoms with Gasteiger partial charge in [0.25, 0.3) is 0 Å². The van der Waals surface area contributed by atoms with Crippen LogP contribution in [0.15, 0.2) is 12.7 Å². The number of aliphatic hydroxyl groups excluding tert-OH is 1. The topological polar surface area (TPSA) is 186 Å². The number of hydrogen-bond acceptors (Lipinski definition) is 9. The summed E-state index contributed by atoms with van der Waals surface area (Å²) in [5.74, 6) is 0.152. The third kappa shape index (κ3) is 5.69. The number of ether oxygens (including phenoxy) is 1. The fourth-order valence-corrected chi connectivity index (χ4v) is 4.60. The van der Waals surface area contributed by atoms with E-state index in [0.717, 1.165) is 12.8 Å². The van der Waals surface area contributed by atoms with Crippen LogP contribution in [0.5, 0.6) is 0 Å². The first kappa shape index (κ1) is 27.6. The van der Waals surface area contributed by atoms with Crippen molar-refractivity contribution < 1.29 is 33.8 Å². The number of nitrogen functional groups attached to an aromatic ring is 1. The second kappa shape index (κ2) is 11.2. The molecule has 14 heteroatoms. The summed E-state index contributed by atoms with van der Waals surface area (Å²) in [6.45, 7) is 3.86. The minimum atomic E-state index is -4.87. The first-order valence-electron chi connectivity index (χ1n) is 10.3. The number of anilines is 1. The number of phosphoric ester groups is 1. The number of nitrogens with two attached hydrogens (primary N) is 1. The van der Waals surface area contributed by atoms with Crippen LogP contribution in [-0.4, -0.2) is 93.0 Å². The molecule has 2 aromatic heterocycles. The van der Waals surface area contributed by atoms with Gasteiger partial charge in [-0.3, -0.25) is 9.09 Å². The van der Waals surface area contributed by atoms with Crippen molar-refractivity contribution in [2.24, 2.45) is 0 Å². The van der Waals surface area contributed by atoms with E-state index in [1.54, 1.807) is 0 Å². The first-order valence-corrected chi connectivity index (χ1v) is 11.9. The van der Waals surface area contributed by atoms with E-state index < -0.39 is 38.0 Å². The molecule has 1 aliphatic heterocycles.